The Morgan fingerprint density at radius 3 is 2.33 bits per heavy atom. The fourth-order valence-electron chi connectivity index (χ4n) is 11.1. The van der Waals surface area contributed by atoms with Crippen molar-refractivity contribution in [1.82, 2.24) is 0 Å². The molecule has 11 heteroatoms. The average Bonchev–Trinajstić information content (AvgIpc) is 3.60. The maximum atomic E-state index is 14.2. The van der Waals surface area contributed by atoms with Crippen molar-refractivity contribution < 1.29 is 52.9 Å². The highest BCUT2D eigenvalue weighted by atomic mass is 16.7. The zero-order valence-corrected chi connectivity index (χ0v) is 35.5. The fourth-order valence-corrected chi connectivity index (χ4v) is 11.1. The lowest BCUT2D eigenvalue weighted by Gasteiger charge is -2.49. The number of allylic oxidation sites excluding steroid dienone is 3. The summed E-state index contributed by atoms with van der Waals surface area (Å²) in [7, 11) is 3.41. The second-order valence-electron chi connectivity index (χ2n) is 18.1. The Hall–Kier alpha value is -2.19. The summed E-state index contributed by atoms with van der Waals surface area (Å²) in [6.45, 7) is 14.9. The van der Waals surface area contributed by atoms with Gasteiger partial charge in [0.1, 0.15) is 18.3 Å². The Morgan fingerprint density at radius 2 is 1.60 bits per heavy atom. The molecule has 1 aliphatic carbocycles. The minimum atomic E-state index is -0.999. The standard InChI is InChI=1S/C46H68O11/c1-10-34-24(2)16-17-46(57-34)22-32-19-31(56-46)15-14-26(4)39(36-20-35(50-8)40(28(6)53-36)37-21-38(51-9)43(48)29(7)54-37)25(3)12-11-13-30-23-52-44-41(30)33(45(49)55-32)18-27(5)42(44)47/h11-14,16-18,24-25,28-29,31-44,47-48H,10,15,19-23H2,1-9H3. The van der Waals surface area contributed by atoms with Crippen LogP contribution in [-0.2, 0) is 42.7 Å². The van der Waals surface area contributed by atoms with E-state index in [-0.39, 0.29) is 84.4 Å². The number of aliphatic hydroxyl groups is 2. The summed E-state index contributed by atoms with van der Waals surface area (Å²) < 4.78 is 51.7. The molecule has 7 rings (SSSR count). The van der Waals surface area contributed by atoms with Gasteiger partial charge in [0.2, 0.25) is 0 Å². The van der Waals surface area contributed by atoms with Crippen molar-refractivity contribution >= 4 is 5.97 Å². The summed E-state index contributed by atoms with van der Waals surface area (Å²) in [5, 5.41) is 21.9. The highest BCUT2D eigenvalue weighted by Crippen LogP contribution is 2.46. The van der Waals surface area contributed by atoms with Gasteiger partial charge in [0.15, 0.2) is 5.79 Å². The smallest absolute Gasteiger partial charge is 0.313 e. The monoisotopic (exact) mass is 796 g/mol. The van der Waals surface area contributed by atoms with Crippen LogP contribution in [0.2, 0.25) is 0 Å². The van der Waals surface area contributed by atoms with Crippen LogP contribution < -0.4 is 0 Å². The zero-order chi connectivity index (χ0) is 40.8. The third-order valence-corrected chi connectivity index (χ3v) is 14.3. The number of hydrogen-bond donors (Lipinski definition) is 2. The molecule has 0 amide bonds. The minimum absolute atomic E-state index is 0.0116. The summed E-state index contributed by atoms with van der Waals surface area (Å²) in [6, 6.07) is 0. The molecule has 0 radical (unpaired) electrons. The maximum Gasteiger partial charge on any atom is 0.313 e. The first-order valence-corrected chi connectivity index (χ1v) is 21.6. The molecule has 0 aromatic carbocycles. The van der Waals surface area contributed by atoms with Crippen LogP contribution in [0.25, 0.3) is 0 Å². The van der Waals surface area contributed by atoms with Crippen molar-refractivity contribution in [3.8, 4) is 0 Å². The molecule has 2 N–H and O–H groups in total. The van der Waals surface area contributed by atoms with Crippen LogP contribution in [0, 0.1) is 35.5 Å². The van der Waals surface area contributed by atoms with Gasteiger partial charge in [-0.25, -0.2) is 0 Å². The predicted molar refractivity (Wildman–Crippen MR) is 214 cm³/mol. The summed E-state index contributed by atoms with van der Waals surface area (Å²) in [5.41, 5.74) is 2.88. The summed E-state index contributed by atoms with van der Waals surface area (Å²) in [5.74, 6) is -1.94. The van der Waals surface area contributed by atoms with Gasteiger partial charge >= 0.3 is 5.97 Å². The van der Waals surface area contributed by atoms with E-state index < -0.39 is 36.1 Å². The highest BCUT2D eigenvalue weighted by molar-refractivity contribution is 5.76. The second-order valence-corrected chi connectivity index (χ2v) is 18.1. The molecule has 7 aliphatic rings. The quantitative estimate of drug-likeness (QED) is 0.245. The number of methoxy groups -OCH3 is 2. The number of fused-ring (bicyclic) bond motifs is 2. The molecule has 0 aromatic heterocycles. The van der Waals surface area contributed by atoms with Gasteiger partial charge in [-0.1, -0.05) is 62.8 Å². The molecule has 4 fully saturated rings. The van der Waals surface area contributed by atoms with Gasteiger partial charge < -0.3 is 48.1 Å². The predicted octanol–water partition coefficient (Wildman–Crippen LogP) is 6.17. The molecule has 1 spiro atoms. The van der Waals surface area contributed by atoms with Crippen LogP contribution in [0.15, 0.2) is 59.3 Å². The Bertz CT molecular complexity index is 1580. The van der Waals surface area contributed by atoms with Crippen molar-refractivity contribution in [2.75, 3.05) is 20.8 Å². The van der Waals surface area contributed by atoms with E-state index in [1.807, 2.05) is 26.0 Å². The summed E-state index contributed by atoms with van der Waals surface area (Å²) in [6.07, 6.45) is 14.3. The number of carbonyl (C=O) groups is 1. The van der Waals surface area contributed by atoms with Gasteiger partial charge in [-0.05, 0) is 63.7 Å². The maximum absolute atomic E-state index is 14.2. The lowest BCUT2D eigenvalue weighted by Crippen LogP contribution is -2.57. The molecule has 11 nitrogen and oxygen atoms in total. The van der Waals surface area contributed by atoms with E-state index in [0.29, 0.717) is 38.7 Å². The number of carbonyl (C=O) groups excluding carboxylic acids is 1. The van der Waals surface area contributed by atoms with E-state index in [9.17, 15) is 15.0 Å². The normalized spacial score (nSPS) is 48.1. The van der Waals surface area contributed by atoms with Crippen molar-refractivity contribution in [1.29, 1.82) is 0 Å². The van der Waals surface area contributed by atoms with E-state index in [1.54, 1.807) is 14.2 Å². The van der Waals surface area contributed by atoms with Crippen molar-refractivity contribution in [3.05, 3.63) is 59.3 Å². The number of ether oxygens (including phenoxy) is 8. The molecule has 19 unspecified atom stereocenters. The van der Waals surface area contributed by atoms with Crippen LogP contribution in [0.5, 0.6) is 0 Å². The first kappa shape index (κ1) is 42.9. The van der Waals surface area contributed by atoms with Gasteiger partial charge in [0.25, 0.3) is 0 Å². The van der Waals surface area contributed by atoms with E-state index in [2.05, 4.69) is 65.0 Å². The van der Waals surface area contributed by atoms with Gasteiger partial charge in [0.05, 0.1) is 67.5 Å². The number of aliphatic hydroxyl groups excluding tert-OH is 2. The Morgan fingerprint density at radius 1 is 0.860 bits per heavy atom. The van der Waals surface area contributed by atoms with Crippen molar-refractivity contribution in [3.63, 3.8) is 0 Å². The topological polar surface area (TPSA) is 131 Å². The van der Waals surface area contributed by atoms with Crippen LogP contribution in [0.1, 0.15) is 87.0 Å². The molecule has 0 saturated carbocycles. The SMILES string of the molecule is CCC1OC2(C=CC1C)CC1CC(CC=C(C)C(C3CC(OC)C(C4CC(OC)C(O)C(C)O4)C(C)O3)C(C)C=CC=C3COC4C(O)C(C)=CC(C(=O)O1)C34)O2. The Balaban J connectivity index is 1.22. The van der Waals surface area contributed by atoms with Crippen LogP contribution in [0.3, 0.4) is 0 Å². The third kappa shape index (κ3) is 8.71. The lowest BCUT2D eigenvalue weighted by atomic mass is 9.74. The molecular formula is C46H68O11. The van der Waals surface area contributed by atoms with E-state index in [1.165, 1.54) is 5.57 Å². The summed E-state index contributed by atoms with van der Waals surface area (Å²) >= 11 is 0. The van der Waals surface area contributed by atoms with Gasteiger partial charge in [-0.3, -0.25) is 4.79 Å². The molecular weight excluding hydrogens is 728 g/mol. The lowest BCUT2D eigenvalue weighted by molar-refractivity contribution is -0.294. The van der Waals surface area contributed by atoms with Gasteiger partial charge in [-0.2, -0.15) is 0 Å². The average molecular weight is 797 g/mol. The number of esters is 1. The van der Waals surface area contributed by atoms with Crippen LogP contribution in [-0.4, -0.2) is 116 Å². The summed E-state index contributed by atoms with van der Waals surface area (Å²) in [4.78, 5) is 14.2. The van der Waals surface area contributed by atoms with Crippen LogP contribution in [0.4, 0.5) is 0 Å². The van der Waals surface area contributed by atoms with Gasteiger partial charge in [-0.15, -0.1) is 0 Å². The van der Waals surface area contributed by atoms with E-state index >= 15 is 0 Å². The van der Waals surface area contributed by atoms with E-state index in [4.69, 9.17) is 37.9 Å². The Labute approximate surface area is 339 Å². The van der Waals surface area contributed by atoms with Crippen molar-refractivity contribution in [2.24, 2.45) is 35.5 Å². The first-order chi connectivity index (χ1) is 27.3. The second kappa shape index (κ2) is 17.8. The molecule has 19 atom stereocenters. The number of hydrogen-bond acceptors (Lipinski definition) is 11. The molecule has 318 valence electrons. The largest absolute Gasteiger partial charge is 0.462 e. The van der Waals surface area contributed by atoms with Gasteiger partial charge in [0, 0.05) is 63.6 Å². The first-order valence-electron chi connectivity index (χ1n) is 21.6. The van der Waals surface area contributed by atoms with E-state index in [0.717, 1.165) is 17.6 Å². The molecule has 4 saturated heterocycles. The molecule has 6 heterocycles. The molecule has 2 bridgehead atoms. The minimum Gasteiger partial charge on any atom is -0.462 e. The number of rotatable bonds is 5. The zero-order valence-electron chi connectivity index (χ0n) is 35.5. The fraction of sp³-hybridized carbons (Fsp3) is 0.761. The van der Waals surface area contributed by atoms with Crippen LogP contribution >= 0.6 is 0 Å². The Kier molecular flexibility index (Phi) is 13.4. The molecule has 57 heavy (non-hydrogen) atoms. The van der Waals surface area contributed by atoms with Crippen molar-refractivity contribution in [2.45, 2.75) is 166 Å². The third-order valence-electron chi connectivity index (χ3n) is 14.3. The highest BCUT2D eigenvalue weighted by Gasteiger charge is 2.52. The molecule has 0 aromatic rings. The molecule has 6 aliphatic heterocycles.